The molecule has 1 amide bonds. The standard InChI is InChI=1S/C7H16N2O2/c1-2-3-4-5-6-8-9-7(10)11/h8-9H,2-6H2,1H3,(H,10,11). The molecule has 0 rings (SSSR count). The maximum atomic E-state index is 9.91. The van der Waals surface area contributed by atoms with Crippen molar-refractivity contribution in [2.24, 2.45) is 0 Å². The van der Waals surface area contributed by atoms with Gasteiger partial charge < -0.3 is 5.11 Å². The molecular formula is C7H16N2O2. The van der Waals surface area contributed by atoms with Crippen LogP contribution in [0.4, 0.5) is 4.79 Å². The van der Waals surface area contributed by atoms with Gasteiger partial charge in [-0.15, -0.1) is 0 Å². The highest BCUT2D eigenvalue weighted by Crippen LogP contribution is 1.96. The van der Waals surface area contributed by atoms with Gasteiger partial charge >= 0.3 is 6.09 Å². The summed E-state index contributed by atoms with van der Waals surface area (Å²) in [7, 11) is 0. The number of unbranched alkanes of at least 4 members (excludes halogenated alkanes) is 3. The van der Waals surface area contributed by atoms with Crippen LogP contribution in [-0.2, 0) is 0 Å². The first-order chi connectivity index (χ1) is 5.27. The van der Waals surface area contributed by atoms with Gasteiger partial charge in [0.1, 0.15) is 0 Å². The van der Waals surface area contributed by atoms with Crippen molar-refractivity contribution in [3.8, 4) is 0 Å². The van der Waals surface area contributed by atoms with Gasteiger partial charge in [-0.2, -0.15) is 0 Å². The van der Waals surface area contributed by atoms with E-state index in [1.165, 1.54) is 12.8 Å². The highest BCUT2D eigenvalue weighted by Gasteiger charge is 1.90. The molecule has 0 heterocycles. The molecule has 11 heavy (non-hydrogen) atoms. The van der Waals surface area contributed by atoms with Crippen molar-refractivity contribution in [2.75, 3.05) is 6.54 Å². The third kappa shape index (κ3) is 9.23. The molecule has 0 saturated heterocycles. The van der Waals surface area contributed by atoms with Gasteiger partial charge in [-0.3, -0.25) is 5.43 Å². The van der Waals surface area contributed by atoms with Crippen LogP contribution in [0.3, 0.4) is 0 Å². The summed E-state index contributed by atoms with van der Waals surface area (Å²) in [5.41, 5.74) is 4.68. The number of hydrazine groups is 1. The summed E-state index contributed by atoms with van der Waals surface area (Å²) in [4.78, 5) is 9.91. The molecule has 0 aliphatic rings. The molecule has 4 heteroatoms. The number of carboxylic acid groups (broad SMARTS) is 1. The lowest BCUT2D eigenvalue weighted by molar-refractivity contribution is 0.189. The van der Waals surface area contributed by atoms with Crippen molar-refractivity contribution in [2.45, 2.75) is 32.6 Å². The monoisotopic (exact) mass is 160 g/mol. The predicted octanol–water partition coefficient (Wildman–Crippen LogP) is 1.34. The molecule has 0 radical (unpaired) electrons. The van der Waals surface area contributed by atoms with Crippen molar-refractivity contribution in [1.82, 2.24) is 10.9 Å². The summed E-state index contributed by atoms with van der Waals surface area (Å²) < 4.78 is 0. The van der Waals surface area contributed by atoms with Gasteiger partial charge in [-0.25, -0.2) is 10.2 Å². The fraction of sp³-hybridized carbons (Fsp3) is 0.857. The lowest BCUT2D eigenvalue weighted by Crippen LogP contribution is -2.36. The van der Waals surface area contributed by atoms with E-state index in [1.807, 2.05) is 0 Å². The van der Waals surface area contributed by atoms with Crippen molar-refractivity contribution >= 4 is 6.09 Å². The molecule has 0 saturated carbocycles. The largest absolute Gasteiger partial charge is 0.464 e. The van der Waals surface area contributed by atoms with Gasteiger partial charge in [0.15, 0.2) is 0 Å². The Hall–Kier alpha value is -0.770. The number of hydrogen-bond donors (Lipinski definition) is 3. The SMILES string of the molecule is CCCCCCNNC(=O)O. The van der Waals surface area contributed by atoms with Gasteiger partial charge in [0.05, 0.1) is 0 Å². The molecule has 0 aromatic rings. The Balaban J connectivity index is 2.85. The molecule has 0 aromatic heterocycles. The molecule has 66 valence electrons. The first-order valence-corrected chi connectivity index (χ1v) is 3.99. The van der Waals surface area contributed by atoms with E-state index in [9.17, 15) is 4.79 Å². The number of rotatable bonds is 6. The van der Waals surface area contributed by atoms with Gasteiger partial charge in [0, 0.05) is 6.54 Å². The minimum Gasteiger partial charge on any atom is -0.464 e. The quantitative estimate of drug-likeness (QED) is 0.406. The predicted molar refractivity (Wildman–Crippen MR) is 43.3 cm³/mol. The second-order valence-electron chi connectivity index (χ2n) is 2.42. The molecule has 0 unspecified atom stereocenters. The molecular weight excluding hydrogens is 144 g/mol. The Labute approximate surface area is 67.0 Å². The second-order valence-corrected chi connectivity index (χ2v) is 2.42. The van der Waals surface area contributed by atoms with E-state index < -0.39 is 6.09 Å². The van der Waals surface area contributed by atoms with E-state index in [-0.39, 0.29) is 0 Å². The maximum Gasteiger partial charge on any atom is 0.419 e. The molecule has 0 bridgehead atoms. The zero-order valence-corrected chi connectivity index (χ0v) is 6.89. The summed E-state index contributed by atoms with van der Waals surface area (Å²) in [5, 5.41) is 8.14. The Bertz CT molecular complexity index is 107. The van der Waals surface area contributed by atoms with Crippen LogP contribution in [0.2, 0.25) is 0 Å². The molecule has 4 nitrogen and oxygen atoms in total. The Morgan fingerprint density at radius 1 is 1.36 bits per heavy atom. The zero-order chi connectivity index (χ0) is 8.53. The topological polar surface area (TPSA) is 61.4 Å². The highest BCUT2D eigenvalue weighted by molar-refractivity contribution is 5.63. The third-order valence-electron chi connectivity index (χ3n) is 1.35. The molecule has 0 aliphatic carbocycles. The Kier molecular flexibility index (Phi) is 6.82. The van der Waals surface area contributed by atoms with Gasteiger partial charge in [0.2, 0.25) is 0 Å². The van der Waals surface area contributed by atoms with E-state index in [1.54, 1.807) is 0 Å². The average Bonchev–Trinajstić information content (AvgIpc) is 1.96. The van der Waals surface area contributed by atoms with E-state index in [2.05, 4.69) is 17.8 Å². The van der Waals surface area contributed by atoms with Gasteiger partial charge in [-0.1, -0.05) is 26.2 Å². The van der Waals surface area contributed by atoms with Crippen molar-refractivity contribution in [3.63, 3.8) is 0 Å². The van der Waals surface area contributed by atoms with Crippen LogP contribution < -0.4 is 10.9 Å². The molecule has 0 aliphatic heterocycles. The van der Waals surface area contributed by atoms with Gasteiger partial charge in [0.25, 0.3) is 0 Å². The fourth-order valence-corrected chi connectivity index (χ4v) is 0.778. The maximum absolute atomic E-state index is 9.91. The number of carbonyl (C=O) groups is 1. The van der Waals surface area contributed by atoms with E-state index in [0.29, 0.717) is 6.54 Å². The molecule has 0 atom stereocenters. The van der Waals surface area contributed by atoms with E-state index >= 15 is 0 Å². The number of amides is 1. The summed E-state index contributed by atoms with van der Waals surface area (Å²) in [6, 6.07) is 0. The number of hydrogen-bond acceptors (Lipinski definition) is 2. The van der Waals surface area contributed by atoms with Gasteiger partial charge in [-0.05, 0) is 6.42 Å². The van der Waals surface area contributed by atoms with Crippen LogP contribution in [0.15, 0.2) is 0 Å². The molecule has 0 aromatic carbocycles. The van der Waals surface area contributed by atoms with Crippen LogP contribution in [0, 0.1) is 0 Å². The Morgan fingerprint density at radius 3 is 2.64 bits per heavy atom. The van der Waals surface area contributed by atoms with Crippen LogP contribution in [0.1, 0.15) is 32.6 Å². The van der Waals surface area contributed by atoms with Crippen molar-refractivity contribution in [1.29, 1.82) is 0 Å². The molecule has 3 N–H and O–H groups in total. The first-order valence-electron chi connectivity index (χ1n) is 3.99. The van der Waals surface area contributed by atoms with Crippen LogP contribution in [0.25, 0.3) is 0 Å². The summed E-state index contributed by atoms with van der Waals surface area (Å²) in [6.45, 7) is 2.86. The van der Waals surface area contributed by atoms with Crippen molar-refractivity contribution < 1.29 is 9.90 Å². The van der Waals surface area contributed by atoms with Crippen LogP contribution in [0.5, 0.6) is 0 Å². The summed E-state index contributed by atoms with van der Waals surface area (Å²) >= 11 is 0. The lowest BCUT2D eigenvalue weighted by Gasteiger charge is -2.02. The third-order valence-corrected chi connectivity index (χ3v) is 1.35. The van der Waals surface area contributed by atoms with Crippen LogP contribution >= 0.6 is 0 Å². The first kappa shape index (κ1) is 10.2. The fourth-order valence-electron chi connectivity index (χ4n) is 0.778. The Morgan fingerprint density at radius 2 is 2.09 bits per heavy atom. The normalized spacial score (nSPS) is 9.55. The zero-order valence-electron chi connectivity index (χ0n) is 6.89. The van der Waals surface area contributed by atoms with E-state index in [0.717, 1.165) is 12.8 Å². The highest BCUT2D eigenvalue weighted by atomic mass is 16.4. The average molecular weight is 160 g/mol. The number of nitrogens with one attached hydrogen (secondary N) is 2. The smallest absolute Gasteiger partial charge is 0.419 e. The van der Waals surface area contributed by atoms with Crippen LogP contribution in [-0.4, -0.2) is 17.7 Å². The lowest BCUT2D eigenvalue weighted by atomic mass is 10.2. The summed E-state index contributed by atoms with van der Waals surface area (Å²) in [5.74, 6) is 0. The molecule has 0 fully saturated rings. The molecule has 0 spiro atoms. The second kappa shape index (κ2) is 7.34. The minimum absolute atomic E-state index is 0.715. The summed E-state index contributed by atoms with van der Waals surface area (Å²) in [6.07, 6.45) is 3.57. The van der Waals surface area contributed by atoms with E-state index in [4.69, 9.17) is 5.11 Å². The van der Waals surface area contributed by atoms with Crippen molar-refractivity contribution in [3.05, 3.63) is 0 Å². The minimum atomic E-state index is -1.03.